The van der Waals surface area contributed by atoms with E-state index < -0.39 is 0 Å². The Labute approximate surface area is 323 Å². The van der Waals surface area contributed by atoms with Gasteiger partial charge in [0.05, 0.1) is 0 Å². The monoisotopic (exact) mass is 719 g/mol. The normalized spacial score (nSPS) is 11.2. The molecule has 0 saturated heterocycles. The van der Waals surface area contributed by atoms with E-state index in [1.165, 1.54) is 103 Å². The predicted molar refractivity (Wildman–Crippen MR) is 232 cm³/mol. The summed E-state index contributed by atoms with van der Waals surface area (Å²) in [5, 5.41) is 8.67. The van der Waals surface area contributed by atoms with Gasteiger partial charge in [0.15, 0.2) is 0 Å². The summed E-state index contributed by atoms with van der Waals surface area (Å²) >= 11 is 0. The number of unbranched alkanes of at least 4 members (excludes halogenated alkanes) is 6. The summed E-state index contributed by atoms with van der Waals surface area (Å²) in [6.07, 6.45) is 20.8. The van der Waals surface area contributed by atoms with E-state index in [2.05, 4.69) is 117 Å². The summed E-state index contributed by atoms with van der Waals surface area (Å²) in [5.74, 6) is 1.82. The van der Waals surface area contributed by atoms with Crippen molar-refractivity contribution < 1.29 is 4.79 Å². The summed E-state index contributed by atoms with van der Waals surface area (Å²) in [5.41, 5.74) is 12.6. The van der Waals surface area contributed by atoms with Crippen LogP contribution in [0.5, 0.6) is 0 Å². The Bertz CT molecular complexity index is 1590. The van der Waals surface area contributed by atoms with Crippen LogP contribution in [-0.2, 0) is 11.2 Å². The van der Waals surface area contributed by atoms with Gasteiger partial charge in [-0.05, 0) is 89.2 Å². The maximum Gasteiger partial charge on any atom is 0.220 e. The number of nitrogens with zero attached hydrogens (tertiary/aromatic N) is 1. The van der Waals surface area contributed by atoms with Crippen LogP contribution in [0, 0.1) is 12.8 Å². The van der Waals surface area contributed by atoms with E-state index >= 15 is 0 Å². The third-order valence-corrected chi connectivity index (χ3v) is 9.25. The van der Waals surface area contributed by atoms with Crippen LogP contribution in [0.15, 0.2) is 104 Å². The molecule has 1 heterocycles. The summed E-state index contributed by atoms with van der Waals surface area (Å²) in [7, 11) is 0. The molecule has 5 nitrogen and oxygen atoms in total. The number of fused-ring (bicyclic) bond motifs is 1. The van der Waals surface area contributed by atoms with E-state index in [-0.39, 0.29) is 11.9 Å². The number of carbonyl (C=O) groups excluding carboxylic acids is 1. The zero-order chi connectivity index (χ0) is 38.7. The number of hydrogen-bond acceptors (Lipinski definition) is 4. The first kappa shape index (κ1) is 44.9. The minimum atomic E-state index is 0.0256. The molecule has 288 valence electrons. The number of aromatic nitrogens is 1. The topological polar surface area (TPSA) is 80.0 Å². The van der Waals surface area contributed by atoms with Crippen LogP contribution in [0.2, 0.25) is 0 Å². The predicted octanol–water partition coefficient (Wildman–Crippen LogP) is 12.7. The zero-order valence-corrected chi connectivity index (χ0v) is 33.8. The Balaban J connectivity index is 0.000000355. The number of aryl methyl sites for hydroxylation is 2. The second kappa shape index (κ2) is 27.4. The average Bonchev–Trinajstić information content (AvgIpc) is 3.16. The van der Waals surface area contributed by atoms with E-state index in [4.69, 9.17) is 5.73 Å². The fourth-order valence-electron chi connectivity index (χ4n) is 6.28. The molecule has 5 heteroatoms. The summed E-state index contributed by atoms with van der Waals surface area (Å²) in [6, 6.07) is 26.2. The number of nitrogens with one attached hydrogen (secondary N) is 2. The molecule has 4 N–H and O–H groups in total. The van der Waals surface area contributed by atoms with E-state index in [0.717, 1.165) is 31.1 Å². The Morgan fingerprint density at radius 1 is 0.830 bits per heavy atom. The molecule has 4 rings (SSSR count). The minimum Gasteiger partial charge on any atom is -0.370 e. The van der Waals surface area contributed by atoms with Crippen LogP contribution in [0.4, 0.5) is 5.82 Å². The van der Waals surface area contributed by atoms with Gasteiger partial charge in [-0.3, -0.25) is 4.79 Å². The highest BCUT2D eigenvalue weighted by Crippen LogP contribution is 2.32. The van der Waals surface area contributed by atoms with Crippen LogP contribution < -0.4 is 16.4 Å². The standard InChI is InChI=1S/C29H37N.C13H19N3O.C6H14/c1-3-5-6-7-8-9-10-14-23-21-22-27(28-16-12-11-15-26(23)28)24-17-19-25(20-18-24)29(30)13-4-2;1-3-7-16-13(17)5-4-8-14-12-10-11(2)6-9-15-12;1-4-5-6(2)3/h4,11-12,15-22,29H,2-3,5-10,13-14,30H2,1H3;3,6,9-10H,1,4-5,7-8H2,2H3,(H,14,15)(H,16,17);6H,4-5H2,1-3H3. The highest BCUT2D eigenvalue weighted by atomic mass is 16.1. The van der Waals surface area contributed by atoms with Crippen molar-refractivity contribution in [3.05, 3.63) is 121 Å². The van der Waals surface area contributed by atoms with Crippen molar-refractivity contribution in [2.24, 2.45) is 11.7 Å². The van der Waals surface area contributed by atoms with Gasteiger partial charge in [-0.1, -0.05) is 152 Å². The lowest BCUT2D eigenvalue weighted by atomic mass is 9.92. The number of rotatable bonds is 21. The van der Waals surface area contributed by atoms with Crippen molar-refractivity contribution in [2.45, 2.75) is 124 Å². The van der Waals surface area contributed by atoms with Gasteiger partial charge in [0.25, 0.3) is 0 Å². The first-order valence-corrected chi connectivity index (χ1v) is 20.2. The largest absolute Gasteiger partial charge is 0.370 e. The smallest absolute Gasteiger partial charge is 0.220 e. The van der Waals surface area contributed by atoms with E-state index in [0.29, 0.717) is 13.0 Å². The molecule has 0 bridgehead atoms. The Kier molecular flexibility index (Phi) is 23.2. The van der Waals surface area contributed by atoms with Gasteiger partial charge in [0, 0.05) is 31.7 Å². The molecule has 0 aliphatic carbocycles. The van der Waals surface area contributed by atoms with Crippen molar-refractivity contribution in [1.29, 1.82) is 0 Å². The highest BCUT2D eigenvalue weighted by Gasteiger charge is 2.09. The maximum atomic E-state index is 11.3. The van der Waals surface area contributed by atoms with Gasteiger partial charge in [0.1, 0.15) is 5.82 Å². The van der Waals surface area contributed by atoms with Gasteiger partial charge < -0.3 is 16.4 Å². The Hall–Kier alpha value is -4.22. The van der Waals surface area contributed by atoms with Crippen LogP contribution in [0.25, 0.3) is 21.9 Å². The van der Waals surface area contributed by atoms with Gasteiger partial charge in [-0.15, -0.1) is 13.2 Å². The zero-order valence-electron chi connectivity index (χ0n) is 33.8. The fourth-order valence-corrected chi connectivity index (χ4v) is 6.28. The van der Waals surface area contributed by atoms with Crippen molar-refractivity contribution in [2.75, 3.05) is 18.4 Å². The van der Waals surface area contributed by atoms with Crippen LogP contribution >= 0.6 is 0 Å². The number of amides is 1. The van der Waals surface area contributed by atoms with Crippen molar-refractivity contribution in [1.82, 2.24) is 10.3 Å². The van der Waals surface area contributed by atoms with Gasteiger partial charge in [-0.2, -0.15) is 0 Å². The van der Waals surface area contributed by atoms with E-state index in [9.17, 15) is 4.79 Å². The molecule has 0 aliphatic heterocycles. The molecule has 1 unspecified atom stereocenters. The molecule has 1 aromatic heterocycles. The number of benzene rings is 3. The summed E-state index contributed by atoms with van der Waals surface area (Å²) in [6.45, 7) is 19.7. The highest BCUT2D eigenvalue weighted by molar-refractivity contribution is 5.98. The van der Waals surface area contributed by atoms with E-state index in [1.54, 1.807) is 12.3 Å². The van der Waals surface area contributed by atoms with Crippen LogP contribution in [0.3, 0.4) is 0 Å². The van der Waals surface area contributed by atoms with Crippen molar-refractivity contribution in [3.8, 4) is 11.1 Å². The summed E-state index contributed by atoms with van der Waals surface area (Å²) in [4.78, 5) is 15.4. The Morgan fingerprint density at radius 2 is 1.53 bits per heavy atom. The molecule has 1 atom stereocenters. The maximum absolute atomic E-state index is 11.3. The lowest BCUT2D eigenvalue weighted by Gasteiger charge is -2.14. The number of pyridine rings is 1. The SMILES string of the molecule is C=CCC(N)c1ccc(-c2ccc(CCCCCCCCC)c3ccccc23)cc1.C=CCNC(=O)CCCNc1cc(C)ccn1.CCCC(C)C. The third kappa shape index (κ3) is 18.4. The number of anilines is 1. The average molecular weight is 719 g/mol. The first-order chi connectivity index (χ1) is 25.7. The molecule has 4 aromatic rings. The fraction of sp³-hybridized carbons (Fsp3) is 0.458. The van der Waals surface area contributed by atoms with Crippen LogP contribution in [0.1, 0.15) is 127 Å². The second-order valence-electron chi connectivity index (χ2n) is 14.5. The molecule has 3 aromatic carbocycles. The molecule has 0 saturated carbocycles. The molecular weight excluding hydrogens is 649 g/mol. The number of nitrogens with two attached hydrogens (primary N) is 1. The molecule has 0 fully saturated rings. The lowest BCUT2D eigenvalue weighted by Crippen LogP contribution is -2.23. The molecular formula is C48H70N4O. The van der Waals surface area contributed by atoms with E-state index in [1.807, 2.05) is 25.1 Å². The lowest BCUT2D eigenvalue weighted by molar-refractivity contribution is -0.120. The number of carbonyl (C=O) groups is 1. The molecule has 0 aliphatic rings. The quantitative estimate of drug-likeness (QED) is 0.0592. The molecule has 0 radical (unpaired) electrons. The molecule has 0 spiro atoms. The Morgan fingerprint density at radius 3 is 2.15 bits per heavy atom. The van der Waals surface area contributed by atoms with Crippen molar-refractivity contribution in [3.63, 3.8) is 0 Å². The van der Waals surface area contributed by atoms with Gasteiger partial charge in [-0.25, -0.2) is 4.98 Å². The first-order valence-electron chi connectivity index (χ1n) is 20.2. The van der Waals surface area contributed by atoms with Crippen LogP contribution in [-0.4, -0.2) is 24.0 Å². The second-order valence-corrected chi connectivity index (χ2v) is 14.5. The van der Waals surface area contributed by atoms with Gasteiger partial charge >= 0.3 is 0 Å². The minimum absolute atomic E-state index is 0.0256. The third-order valence-electron chi connectivity index (χ3n) is 9.25. The molecule has 53 heavy (non-hydrogen) atoms. The van der Waals surface area contributed by atoms with Gasteiger partial charge in [0.2, 0.25) is 5.91 Å². The molecule has 1 amide bonds. The summed E-state index contributed by atoms with van der Waals surface area (Å²) < 4.78 is 0. The number of hydrogen-bond donors (Lipinski definition) is 3. The van der Waals surface area contributed by atoms with Crippen molar-refractivity contribution >= 4 is 22.5 Å².